The van der Waals surface area contributed by atoms with Gasteiger partial charge in [-0.25, -0.2) is 9.29 Å². The van der Waals surface area contributed by atoms with E-state index >= 15 is 0 Å². The maximum Gasteiger partial charge on any atom is 0.298 e. The van der Waals surface area contributed by atoms with Crippen molar-refractivity contribution in [2.45, 2.75) is 0 Å². The number of para-hydroxylation sites is 1. The van der Waals surface area contributed by atoms with Gasteiger partial charge < -0.3 is 10.1 Å². The highest BCUT2D eigenvalue weighted by atomic mass is 35.5. The second-order valence-electron chi connectivity index (χ2n) is 6.88. The first-order chi connectivity index (χ1) is 15.9. The molecule has 3 amide bonds. The van der Waals surface area contributed by atoms with Crippen LogP contribution < -0.4 is 15.0 Å². The van der Waals surface area contributed by atoms with E-state index in [1.807, 2.05) is 0 Å². The molecule has 1 saturated heterocycles. The largest absolute Gasteiger partial charge is 0.483 e. The van der Waals surface area contributed by atoms with E-state index in [1.165, 1.54) is 24.3 Å². The normalized spacial score (nSPS) is 14.6. The molecule has 0 bridgehead atoms. The third kappa shape index (κ3) is 5.42. The van der Waals surface area contributed by atoms with Crippen molar-refractivity contribution in [1.82, 2.24) is 0 Å². The fourth-order valence-electron chi connectivity index (χ4n) is 3.03. The van der Waals surface area contributed by atoms with Gasteiger partial charge >= 0.3 is 0 Å². The summed E-state index contributed by atoms with van der Waals surface area (Å²) in [6.45, 7) is -0.297. The molecule has 3 aromatic rings. The summed E-state index contributed by atoms with van der Waals surface area (Å²) in [7, 11) is 0. The highest BCUT2D eigenvalue weighted by molar-refractivity contribution is 8.19. The summed E-state index contributed by atoms with van der Waals surface area (Å²) < 4.78 is 18.6. The Morgan fingerprint density at radius 2 is 1.73 bits per heavy atom. The fourth-order valence-corrected chi connectivity index (χ4v) is 3.98. The summed E-state index contributed by atoms with van der Waals surface area (Å²) >= 11 is 6.70. The van der Waals surface area contributed by atoms with Crippen molar-refractivity contribution in [3.63, 3.8) is 0 Å². The molecule has 0 radical (unpaired) electrons. The molecule has 4 rings (SSSR count). The Bertz CT molecular complexity index is 1250. The Morgan fingerprint density at radius 3 is 2.45 bits per heavy atom. The molecular weight excluding hydrogens is 467 g/mol. The van der Waals surface area contributed by atoms with Crippen molar-refractivity contribution in [3.05, 3.63) is 94.1 Å². The highest BCUT2D eigenvalue weighted by Crippen LogP contribution is 2.37. The van der Waals surface area contributed by atoms with E-state index in [-0.39, 0.29) is 11.5 Å². The molecule has 6 nitrogen and oxygen atoms in total. The van der Waals surface area contributed by atoms with Gasteiger partial charge in [0.05, 0.1) is 10.6 Å². The molecule has 33 heavy (non-hydrogen) atoms. The minimum atomic E-state index is -0.462. The maximum absolute atomic E-state index is 13.0. The number of rotatable bonds is 6. The van der Waals surface area contributed by atoms with E-state index in [0.29, 0.717) is 27.7 Å². The van der Waals surface area contributed by atoms with Gasteiger partial charge in [-0.15, -0.1) is 0 Å². The van der Waals surface area contributed by atoms with Crippen LogP contribution in [-0.4, -0.2) is 23.7 Å². The Labute approximate surface area is 198 Å². The number of hydrogen-bond acceptors (Lipinski definition) is 5. The predicted octanol–water partition coefficient (Wildman–Crippen LogP) is 5.74. The summed E-state index contributed by atoms with van der Waals surface area (Å²) in [5.74, 6) is -0.931. The maximum atomic E-state index is 13.0. The van der Waals surface area contributed by atoms with E-state index in [4.69, 9.17) is 16.3 Å². The van der Waals surface area contributed by atoms with E-state index < -0.39 is 22.9 Å². The first kappa shape index (κ1) is 22.6. The van der Waals surface area contributed by atoms with Gasteiger partial charge in [0.1, 0.15) is 11.6 Å². The average molecular weight is 483 g/mol. The molecule has 1 N–H and O–H groups in total. The number of carbonyl (C=O) groups is 3. The predicted molar refractivity (Wildman–Crippen MR) is 127 cm³/mol. The number of nitrogens with zero attached hydrogens (tertiary/aromatic N) is 1. The summed E-state index contributed by atoms with van der Waals surface area (Å²) in [5, 5.41) is 2.68. The van der Waals surface area contributed by atoms with E-state index in [0.717, 1.165) is 16.7 Å². The molecule has 1 heterocycles. The number of ether oxygens (including phenoxy) is 1. The van der Waals surface area contributed by atoms with Crippen LogP contribution in [0, 0.1) is 5.82 Å². The van der Waals surface area contributed by atoms with E-state index in [1.54, 1.807) is 54.6 Å². The lowest BCUT2D eigenvalue weighted by Gasteiger charge is -2.12. The van der Waals surface area contributed by atoms with E-state index in [9.17, 15) is 18.8 Å². The van der Waals surface area contributed by atoms with Crippen molar-refractivity contribution >= 4 is 57.9 Å². The summed E-state index contributed by atoms with van der Waals surface area (Å²) in [4.78, 5) is 38.8. The SMILES string of the molecule is O=C(COc1ccccc1/C=C1/SC(=O)N(c2ccc(Cl)cc2)C1=O)Nc1ccc(F)cc1. The first-order valence-corrected chi connectivity index (χ1v) is 10.9. The Balaban J connectivity index is 1.47. The minimum absolute atomic E-state index is 0.224. The van der Waals surface area contributed by atoms with Gasteiger partial charge in [-0.2, -0.15) is 0 Å². The van der Waals surface area contributed by atoms with Crippen molar-refractivity contribution in [1.29, 1.82) is 0 Å². The van der Waals surface area contributed by atoms with Crippen molar-refractivity contribution in [3.8, 4) is 5.75 Å². The molecule has 0 saturated carbocycles. The second kappa shape index (κ2) is 9.89. The van der Waals surface area contributed by atoms with Crippen LogP contribution in [0.25, 0.3) is 6.08 Å². The van der Waals surface area contributed by atoms with Gasteiger partial charge in [0.2, 0.25) is 0 Å². The molecule has 0 atom stereocenters. The third-order valence-electron chi connectivity index (χ3n) is 4.57. The number of nitrogens with one attached hydrogen (secondary N) is 1. The van der Waals surface area contributed by atoms with Gasteiger partial charge in [-0.05, 0) is 72.4 Å². The van der Waals surface area contributed by atoms with Crippen LogP contribution >= 0.6 is 23.4 Å². The zero-order chi connectivity index (χ0) is 23.4. The number of hydrogen-bond donors (Lipinski definition) is 1. The standard InChI is InChI=1S/C24H16ClFN2O4S/c25-16-5-11-19(12-6-16)28-23(30)21(33-24(28)31)13-15-3-1-2-4-20(15)32-14-22(29)27-18-9-7-17(26)8-10-18/h1-13H,14H2,(H,27,29)/b21-13+. The first-order valence-electron chi connectivity index (χ1n) is 9.71. The van der Waals surface area contributed by atoms with Gasteiger partial charge in [-0.1, -0.05) is 29.8 Å². The van der Waals surface area contributed by atoms with Crippen LogP contribution in [0.5, 0.6) is 5.75 Å². The van der Waals surface area contributed by atoms with Gasteiger partial charge in [0, 0.05) is 16.3 Å². The topological polar surface area (TPSA) is 75.7 Å². The van der Waals surface area contributed by atoms with Crippen LogP contribution in [0.1, 0.15) is 5.56 Å². The number of benzene rings is 3. The van der Waals surface area contributed by atoms with Crippen LogP contribution in [0.3, 0.4) is 0 Å². The van der Waals surface area contributed by atoms with Crippen LogP contribution in [0.2, 0.25) is 5.02 Å². The summed E-state index contributed by atoms with van der Waals surface area (Å²) in [6, 6.07) is 18.6. The molecule has 0 aliphatic carbocycles. The molecule has 0 aromatic heterocycles. The number of carbonyl (C=O) groups excluding carboxylic acids is 3. The number of thioether (sulfide) groups is 1. The molecule has 9 heteroatoms. The number of amides is 3. The highest BCUT2D eigenvalue weighted by Gasteiger charge is 2.36. The minimum Gasteiger partial charge on any atom is -0.483 e. The van der Waals surface area contributed by atoms with Gasteiger partial charge in [0.25, 0.3) is 17.1 Å². The molecule has 0 unspecified atom stereocenters. The number of halogens is 2. The zero-order valence-corrected chi connectivity index (χ0v) is 18.5. The molecule has 3 aromatic carbocycles. The van der Waals surface area contributed by atoms with Crippen molar-refractivity contribution < 1.29 is 23.5 Å². The lowest BCUT2D eigenvalue weighted by molar-refractivity contribution is -0.118. The lowest BCUT2D eigenvalue weighted by Crippen LogP contribution is -2.27. The quantitative estimate of drug-likeness (QED) is 0.453. The molecular formula is C24H16ClFN2O4S. The average Bonchev–Trinajstić information content (AvgIpc) is 3.08. The molecule has 0 spiro atoms. The van der Waals surface area contributed by atoms with Crippen LogP contribution in [0.4, 0.5) is 20.6 Å². The Kier molecular flexibility index (Phi) is 6.76. The zero-order valence-electron chi connectivity index (χ0n) is 17.0. The van der Waals surface area contributed by atoms with Crippen LogP contribution in [-0.2, 0) is 9.59 Å². The molecule has 166 valence electrons. The van der Waals surface area contributed by atoms with Crippen molar-refractivity contribution in [2.75, 3.05) is 16.8 Å². The molecule has 1 fully saturated rings. The van der Waals surface area contributed by atoms with Crippen LogP contribution in [0.15, 0.2) is 77.7 Å². The third-order valence-corrected chi connectivity index (χ3v) is 5.69. The van der Waals surface area contributed by atoms with Gasteiger partial charge in [0.15, 0.2) is 6.61 Å². The summed E-state index contributed by atoms with van der Waals surface area (Å²) in [6.07, 6.45) is 1.55. The summed E-state index contributed by atoms with van der Waals surface area (Å²) in [5.41, 5.74) is 1.40. The molecule has 1 aliphatic heterocycles. The molecule has 1 aliphatic rings. The monoisotopic (exact) mass is 482 g/mol. The number of anilines is 2. The lowest BCUT2D eigenvalue weighted by atomic mass is 10.2. The second-order valence-corrected chi connectivity index (χ2v) is 8.30. The Hall–Kier alpha value is -3.62. The fraction of sp³-hybridized carbons (Fsp3) is 0.0417. The smallest absolute Gasteiger partial charge is 0.298 e. The van der Waals surface area contributed by atoms with Crippen molar-refractivity contribution in [2.24, 2.45) is 0 Å². The van der Waals surface area contributed by atoms with E-state index in [2.05, 4.69) is 5.32 Å². The van der Waals surface area contributed by atoms with Gasteiger partial charge in [-0.3, -0.25) is 14.4 Å². The Morgan fingerprint density at radius 1 is 1.03 bits per heavy atom. The number of imide groups is 1.